The average molecular weight is 428 g/mol. The number of likely N-dealkylation sites (N-methyl/N-ethyl adjacent to an activating group) is 1. The number of amides is 1. The third-order valence-corrected chi connectivity index (χ3v) is 5.17. The quantitative estimate of drug-likeness (QED) is 0.688. The number of benzene rings is 1. The molecule has 0 radical (unpaired) electrons. The number of hydrogen-bond acceptors (Lipinski definition) is 5. The van der Waals surface area contributed by atoms with Crippen LogP contribution in [0.25, 0.3) is 0 Å². The Morgan fingerprint density at radius 3 is 2.52 bits per heavy atom. The van der Waals surface area contributed by atoms with Crippen LogP contribution in [0.15, 0.2) is 30.3 Å². The zero-order valence-electron chi connectivity index (χ0n) is 19.3. The molecule has 3 rings (SSSR count). The number of aromatic nitrogens is 1. The first kappa shape index (κ1) is 22.9. The Bertz CT molecular complexity index is 958. The number of nitrogens with zero attached hydrogens (tertiary/aromatic N) is 2. The molecule has 31 heavy (non-hydrogen) atoms. The highest BCUT2D eigenvalue weighted by Crippen LogP contribution is 2.31. The standard InChI is InChI=1S/C24H33N3O4/c1-16-11-19(20(28)13-26(6)14-23(29)25-24(3,4)5)17(2)27(16)12-18-15-30-21-9-7-8-10-22(21)31-18/h7-11,18H,12-15H2,1-6H3,(H,25,29)/t18-/m1/s1. The van der Waals surface area contributed by atoms with Gasteiger partial charge in [-0.3, -0.25) is 14.5 Å². The number of rotatable bonds is 7. The van der Waals surface area contributed by atoms with Crippen molar-refractivity contribution in [2.24, 2.45) is 0 Å². The maximum absolute atomic E-state index is 12.9. The maximum Gasteiger partial charge on any atom is 0.234 e. The molecular weight excluding hydrogens is 394 g/mol. The number of hydrogen-bond donors (Lipinski definition) is 1. The molecule has 0 spiro atoms. The normalized spacial score (nSPS) is 15.8. The van der Waals surface area contributed by atoms with Crippen molar-refractivity contribution in [1.82, 2.24) is 14.8 Å². The van der Waals surface area contributed by atoms with Crippen LogP contribution in [0.1, 0.15) is 42.5 Å². The van der Waals surface area contributed by atoms with Crippen molar-refractivity contribution in [3.8, 4) is 11.5 Å². The van der Waals surface area contributed by atoms with Crippen LogP contribution in [0, 0.1) is 13.8 Å². The second-order valence-electron chi connectivity index (χ2n) is 9.29. The first-order valence-electron chi connectivity index (χ1n) is 10.6. The van der Waals surface area contributed by atoms with Crippen molar-refractivity contribution >= 4 is 11.7 Å². The highest BCUT2D eigenvalue weighted by atomic mass is 16.6. The highest BCUT2D eigenvalue weighted by molar-refractivity contribution is 5.99. The van der Waals surface area contributed by atoms with E-state index in [1.165, 1.54) is 0 Å². The molecule has 1 aliphatic rings. The lowest BCUT2D eigenvalue weighted by molar-refractivity contribution is -0.123. The van der Waals surface area contributed by atoms with E-state index in [1.807, 2.05) is 65.0 Å². The Labute approximate surface area is 184 Å². The van der Waals surface area contributed by atoms with E-state index in [9.17, 15) is 9.59 Å². The summed E-state index contributed by atoms with van der Waals surface area (Å²) < 4.78 is 14.0. The lowest BCUT2D eigenvalue weighted by Crippen LogP contribution is -2.45. The molecule has 1 aromatic carbocycles. The van der Waals surface area contributed by atoms with Crippen molar-refractivity contribution in [1.29, 1.82) is 0 Å². The van der Waals surface area contributed by atoms with Crippen molar-refractivity contribution < 1.29 is 19.1 Å². The van der Waals surface area contributed by atoms with Crippen LogP contribution in [0.4, 0.5) is 0 Å². The molecule has 0 unspecified atom stereocenters. The molecule has 1 aromatic heterocycles. The molecule has 7 heteroatoms. The first-order chi connectivity index (χ1) is 14.5. The summed E-state index contributed by atoms with van der Waals surface area (Å²) in [6, 6.07) is 9.55. The lowest BCUT2D eigenvalue weighted by atomic mass is 10.1. The summed E-state index contributed by atoms with van der Waals surface area (Å²) in [6.07, 6.45) is -0.133. The SMILES string of the molecule is Cc1cc(C(=O)CN(C)CC(=O)NC(C)(C)C)c(C)n1C[C@@H]1COc2ccccc2O1. The van der Waals surface area contributed by atoms with E-state index in [4.69, 9.17) is 9.47 Å². The minimum atomic E-state index is -0.293. The molecule has 0 bridgehead atoms. The Morgan fingerprint density at radius 2 is 1.84 bits per heavy atom. The molecular formula is C24H33N3O4. The van der Waals surface area contributed by atoms with Gasteiger partial charge in [0.2, 0.25) is 5.91 Å². The van der Waals surface area contributed by atoms with E-state index in [1.54, 1.807) is 11.9 Å². The molecule has 2 aromatic rings. The number of Topliss-reactive ketones (excluding diaryl/α,β-unsaturated/α-hetero) is 1. The van der Waals surface area contributed by atoms with Gasteiger partial charge in [0, 0.05) is 22.5 Å². The predicted molar refractivity (Wildman–Crippen MR) is 120 cm³/mol. The number of fused-ring (bicyclic) bond motifs is 1. The zero-order chi connectivity index (χ0) is 22.8. The smallest absolute Gasteiger partial charge is 0.234 e. The lowest BCUT2D eigenvalue weighted by Gasteiger charge is -2.27. The molecule has 1 aliphatic heterocycles. The van der Waals surface area contributed by atoms with Gasteiger partial charge in [-0.25, -0.2) is 0 Å². The van der Waals surface area contributed by atoms with Gasteiger partial charge in [0.25, 0.3) is 0 Å². The first-order valence-corrected chi connectivity index (χ1v) is 10.6. The van der Waals surface area contributed by atoms with E-state index < -0.39 is 0 Å². The van der Waals surface area contributed by atoms with Gasteiger partial charge in [0.1, 0.15) is 6.61 Å². The molecule has 0 saturated heterocycles. The Balaban J connectivity index is 1.63. The van der Waals surface area contributed by atoms with Gasteiger partial charge in [0.05, 0.1) is 19.6 Å². The minimum absolute atomic E-state index is 0.00318. The number of aryl methyl sites for hydroxylation is 1. The summed E-state index contributed by atoms with van der Waals surface area (Å²) >= 11 is 0. The van der Waals surface area contributed by atoms with E-state index >= 15 is 0 Å². The van der Waals surface area contributed by atoms with Crippen LogP contribution in [-0.2, 0) is 11.3 Å². The van der Waals surface area contributed by atoms with Crippen LogP contribution in [0.2, 0.25) is 0 Å². The summed E-state index contributed by atoms with van der Waals surface area (Å²) in [5.41, 5.74) is 2.28. The third-order valence-electron chi connectivity index (χ3n) is 5.17. The van der Waals surface area contributed by atoms with Crippen LogP contribution in [0.5, 0.6) is 11.5 Å². The third kappa shape index (κ3) is 5.88. The number of carbonyl (C=O) groups is 2. The Morgan fingerprint density at radius 1 is 1.16 bits per heavy atom. The van der Waals surface area contributed by atoms with Crippen molar-refractivity contribution in [3.05, 3.63) is 47.3 Å². The fourth-order valence-electron chi connectivity index (χ4n) is 3.81. The van der Waals surface area contributed by atoms with Gasteiger partial charge in [-0.15, -0.1) is 0 Å². The minimum Gasteiger partial charge on any atom is -0.486 e. The van der Waals surface area contributed by atoms with Crippen LogP contribution in [-0.4, -0.2) is 59.5 Å². The highest BCUT2D eigenvalue weighted by Gasteiger charge is 2.24. The van der Waals surface area contributed by atoms with Gasteiger partial charge in [0.15, 0.2) is 23.4 Å². The Kier molecular flexibility index (Phi) is 6.74. The summed E-state index contributed by atoms with van der Waals surface area (Å²) in [5, 5.41) is 2.92. The molecule has 168 valence electrons. The van der Waals surface area contributed by atoms with Gasteiger partial charge in [-0.05, 0) is 59.9 Å². The maximum atomic E-state index is 12.9. The molecule has 1 N–H and O–H groups in total. The fraction of sp³-hybridized carbons (Fsp3) is 0.500. The largest absolute Gasteiger partial charge is 0.486 e. The van der Waals surface area contributed by atoms with Crippen molar-refractivity contribution in [3.63, 3.8) is 0 Å². The van der Waals surface area contributed by atoms with Crippen molar-refractivity contribution in [2.75, 3.05) is 26.7 Å². The van der Waals surface area contributed by atoms with E-state index in [0.717, 1.165) is 22.9 Å². The summed E-state index contributed by atoms with van der Waals surface area (Å²) in [7, 11) is 1.78. The van der Waals surface area contributed by atoms with Gasteiger partial charge in [-0.2, -0.15) is 0 Å². The topological polar surface area (TPSA) is 72.8 Å². The summed E-state index contributed by atoms with van der Waals surface area (Å²) in [5.74, 6) is 1.40. The number of ketones is 1. The molecule has 1 amide bonds. The Hall–Kier alpha value is -2.80. The van der Waals surface area contributed by atoms with Crippen molar-refractivity contribution in [2.45, 2.75) is 52.8 Å². The average Bonchev–Trinajstić information content (AvgIpc) is 2.94. The predicted octanol–water partition coefficient (Wildman–Crippen LogP) is 2.97. The van der Waals surface area contributed by atoms with Gasteiger partial charge >= 0.3 is 0 Å². The molecule has 2 heterocycles. The molecule has 0 saturated carbocycles. The number of carbonyl (C=O) groups excluding carboxylic acids is 2. The number of ether oxygens (including phenoxy) is 2. The second-order valence-corrected chi connectivity index (χ2v) is 9.29. The monoisotopic (exact) mass is 427 g/mol. The van der Waals surface area contributed by atoms with E-state index in [2.05, 4.69) is 9.88 Å². The number of nitrogens with one attached hydrogen (secondary N) is 1. The van der Waals surface area contributed by atoms with Gasteiger partial charge in [-0.1, -0.05) is 12.1 Å². The van der Waals surface area contributed by atoms with Crippen LogP contribution < -0.4 is 14.8 Å². The van der Waals surface area contributed by atoms with Crippen LogP contribution >= 0.6 is 0 Å². The zero-order valence-corrected chi connectivity index (χ0v) is 19.3. The van der Waals surface area contributed by atoms with Gasteiger partial charge < -0.3 is 19.4 Å². The van der Waals surface area contributed by atoms with E-state index in [0.29, 0.717) is 18.7 Å². The summed E-state index contributed by atoms with van der Waals surface area (Å²) in [4.78, 5) is 26.8. The summed E-state index contributed by atoms with van der Waals surface area (Å²) in [6.45, 7) is 11.2. The number of para-hydroxylation sites is 2. The molecule has 1 atom stereocenters. The molecule has 7 nitrogen and oxygen atoms in total. The molecule has 0 fully saturated rings. The second kappa shape index (κ2) is 9.14. The van der Waals surface area contributed by atoms with Crippen LogP contribution in [0.3, 0.4) is 0 Å². The fourth-order valence-corrected chi connectivity index (χ4v) is 3.81. The van der Waals surface area contributed by atoms with E-state index in [-0.39, 0.29) is 36.4 Å². The molecule has 0 aliphatic carbocycles.